The number of carbonyl (C=O) groups is 1. The van der Waals surface area contributed by atoms with Crippen LogP contribution in [-0.4, -0.2) is 77.3 Å². The van der Waals surface area contributed by atoms with Crippen molar-refractivity contribution >= 4 is 6.03 Å². The maximum Gasteiger partial charge on any atom is 0.340 e. The van der Waals surface area contributed by atoms with Gasteiger partial charge in [-0.1, -0.05) is 0 Å². The molecule has 0 aromatic rings. The van der Waals surface area contributed by atoms with E-state index in [0.29, 0.717) is 5.01 Å². The first kappa shape index (κ1) is 16.7. The number of hydrogen-bond acceptors (Lipinski definition) is 8. The average molecular weight is 293 g/mol. The molecule has 20 heavy (non-hydrogen) atoms. The zero-order valence-corrected chi connectivity index (χ0v) is 11.2. The summed E-state index contributed by atoms with van der Waals surface area (Å²) in [7, 11) is 1.14. The predicted octanol–water partition coefficient (Wildman–Crippen LogP) is -1.85. The molecule has 0 unspecified atom stereocenters. The number of rotatable bonds is 6. The SMILES string of the molecule is CCO[C@@H]1[C@@H](O)[C@@H]([C@H](O)CNC(=O)N(C)N=O)O[C@@H]1O. The summed E-state index contributed by atoms with van der Waals surface area (Å²) >= 11 is 0. The molecule has 0 aromatic carbocycles. The Kier molecular flexibility index (Phi) is 6.23. The number of aliphatic hydroxyl groups excluding tert-OH is 3. The fraction of sp³-hybridized carbons (Fsp3) is 0.900. The second kappa shape index (κ2) is 7.45. The standard InChI is InChI=1S/C10H19N3O7/c1-3-19-8-6(15)7(20-9(8)16)5(14)4-11-10(17)13(2)12-18/h5-9,14-16H,3-4H2,1-2H3,(H,11,17)/t5-,6+,7-,8-,9+/m1/s1. The fourth-order valence-corrected chi connectivity index (χ4v) is 1.83. The number of aliphatic hydroxyl groups is 3. The molecule has 1 saturated heterocycles. The molecule has 1 aliphatic rings. The van der Waals surface area contributed by atoms with Gasteiger partial charge in [0.2, 0.25) is 0 Å². The molecule has 0 radical (unpaired) electrons. The lowest BCUT2D eigenvalue weighted by atomic mass is 10.1. The van der Waals surface area contributed by atoms with Crippen LogP contribution >= 0.6 is 0 Å². The summed E-state index contributed by atoms with van der Waals surface area (Å²) < 4.78 is 10.1. The molecule has 1 fully saturated rings. The second-order valence-electron chi connectivity index (χ2n) is 4.26. The molecule has 2 amide bonds. The van der Waals surface area contributed by atoms with Gasteiger partial charge in [0.1, 0.15) is 24.4 Å². The van der Waals surface area contributed by atoms with E-state index in [1.165, 1.54) is 0 Å². The summed E-state index contributed by atoms with van der Waals surface area (Å²) in [6.07, 6.45) is -5.96. The quantitative estimate of drug-likeness (QED) is 0.333. The van der Waals surface area contributed by atoms with Crippen molar-refractivity contribution in [3.63, 3.8) is 0 Å². The Morgan fingerprint density at radius 1 is 1.55 bits per heavy atom. The third kappa shape index (κ3) is 3.84. The zero-order chi connectivity index (χ0) is 15.3. The average Bonchev–Trinajstić information content (AvgIpc) is 2.72. The molecule has 0 aliphatic carbocycles. The van der Waals surface area contributed by atoms with Crippen molar-refractivity contribution in [1.82, 2.24) is 10.3 Å². The van der Waals surface area contributed by atoms with Crippen LogP contribution in [0.25, 0.3) is 0 Å². The number of urea groups is 1. The van der Waals surface area contributed by atoms with Crippen LogP contribution in [0.15, 0.2) is 5.29 Å². The summed E-state index contributed by atoms with van der Waals surface area (Å²) in [5.74, 6) is 0. The summed E-state index contributed by atoms with van der Waals surface area (Å²) in [4.78, 5) is 21.3. The van der Waals surface area contributed by atoms with Gasteiger partial charge in [0.15, 0.2) is 6.29 Å². The highest BCUT2D eigenvalue weighted by atomic mass is 16.7. The van der Waals surface area contributed by atoms with Crippen molar-refractivity contribution < 1.29 is 29.6 Å². The van der Waals surface area contributed by atoms with Crippen LogP contribution in [0.4, 0.5) is 4.79 Å². The Balaban J connectivity index is 2.50. The minimum atomic E-state index is -1.36. The van der Waals surface area contributed by atoms with E-state index >= 15 is 0 Å². The number of amides is 2. The Hall–Kier alpha value is -1.33. The number of nitrogens with one attached hydrogen (secondary N) is 1. The Morgan fingerprint density at radius 2 is 2.20 bits per heavy atom. The van der Waals surface area contributed by atoms with Gasteiger partial charge < -0.3 is 30.1 Å². The first-order chi connectivity index (χ1) is 9.42. The van der Waals surface area contributed by atoms with Crippen LogP contribution in [0, 0.1) is 4.91 Å². The van der Waals surface area contributed by atoms with Gasteiger partial charge in [0, 0.05) is 20.2 Å². The topological polar surface area (TPSA) is 141 Å². The minimum Gasteiger partial charge on any atom is -0.388 e. The normalized spacial score (nSPS) is 30.9. The molecule has 5 atom stereocenters. The highest BCUT2D eigenvalue weighted by Gasteiger charge is 2.46. The van der Waals surface area contributed by atoms with E-state index in [2.05, 4.69) is 10.6 Å². The summed E-state index contributed by atoms with van der Waals surface area (Å²) in [5, 5.41) is 34.4. The molecular formula is C10H19N3O7. The maximum absolute atomic E-state index is 11.2. The smallest absolute Gasteiger partial charge is 0.340 e. The first-order valence-electron chi connectivity index (χ1n) is 6.08. The third-order valence-electron chi connectivity index (χ3n) is 2.87. The monoisotopic (exact) mass is 293 g/mol. The van der Waals surface area contributed by atoms with Crippen LogP contribution in [-0.2, 0) is 9.47 Å². The Bertz CT molecular complexity index is 343. The van der Waals surface area contributed by atoms with Gasteiger partial charge in [0.25, 0.3) is 0 Å². The van der Waals surface area contributed by atoms with Crippen molar-refractivity contribution in [2.45, 2.75) is 37.6 Å². The summed E-state index contributed by atoms with van der Waals surface area (Å²) in [6.45, 7) is 1.66. The molecular weight excluding hydrogens is 274 g/mol. The lowest BCUT2D eigenvalue weighted by Gasteiger charge is -2.22. The van der Waals surface area contributed by atoms with Gasteiger partial charge in [-0.05, 0) is 6.92 Å². The molecule has 0 saturated carbocycles. The van der Waals surface area contributed by atoms with Gasteiger partial charge in [-0.3, -0.25) is 0 Å². The van der Waals surface area contributed by atoms with E-state index in [9.17, 15) is 25.0 Å². The number of nitroso groups, excluding NO2 is 1. The Labute approximate surface area is 115 Å². The van der Waals surface area contributed by atoms with Gasteiger partial charge >= 0.3 is 6.03 Å². The number of ether oxygens (including phenoxy) is 2. The summed E-state index contributed by atoms with van der Waals surface area (Å²) in [5.41, 5.74) is 0. The van der Waals surface area contributed by atoms with Crippen LogP contribution < -0.4 is 5.32 Å². The molecule has 0 bridgehead atoms. The molecule has 1 rings (SSSR count). The minimum absolute atomic E-state index is 0.261. The van der Waals surface area contributed by atoms with E-state index in [4.69, 9.17) is 9.47 Å². The molecule has 10 nitrogen and oxygen atoms in total. The predicted molar refractivity (Wildman–Crippen MR) is 65.3 cm³/mol. The molecule has 4 N–H and O–H groups in total. The van der Waals surface area contributed by atoms with Crippen molar-refractivity contribution in [2.24, 2.45) is 5.29 Å². The number of hydrogen-bond donors (Lipinski definition) is 4. The lowest BCUT2D eigenvalue weighted by Crippen LogP contribution is -2.47. The van der Waals surface area contributed by atoms with Gasteiger partial charge in [-0.25, -0.2) is 4.79 Å². The largest absolute Gasteiger partial charge is 0.388 e. The number of carbonyl (C=O) groups excluding carboxylic acids is 1. The molecule has 1 heterocycles. The van der Waals surface area contributed by atoms with Crippen LogP contribution in [0.3, 0.4) is 0 Å². The maximum atomic E-state index is 11.2. The first-order valence-corrected chi connectivity index (χ1v) is 6.08. The van der Waals surface area contributed by atoms with Crippen molar-refractivity contribution in [2.75, 3.05) is 20.2 Å². The van der Waals surface area contributed by atoms with Gasteiger partial charge in [0.05, 0.1) is 5.29 Å². The lowest BCUT2D eigenvalue weighted by molar-refractivity contribution is -0.154. The van der Waals surface area contributed by atoms with E-state index < -0.39 is 36.7 Å². The van der Waals surface area contributed by atoms with Gasteiger partial charge in [-0.2, -0.15) is 5.01 Å². The van der Waals surface area contributed by atoms with Gasteiger partial charge in [-0.15, -0.1) is 4.91 Å². The second-order valence-corrected chi connectivity index (χ2v) is 4.26. The zero-order valence-electron chi connectivity index (χ0n) is 11.2. The fourth-order valence-electron chi connectivity index (χ4n) is 1.83. The molecule has 10 heteroatoms. The van der Waals surface area contributed by atoms with Crippen molar-refractivity contribution in [1.29, 1.82) is 0 Å². The van der Waals surface area contributed by atoms with E-state index in [1.807, 2.05) is 0 Å². The van der Waals surface area contributed by atoms with Crippen LogP contribution in [0.5, 0.6) is 0 Å². The highest BCUT2D eigenvalue weighted by molar-refractivity contribution is 5.73. The van der Waals surface area contributed by atoms with Crippen LogP contribution in [0.1, 0.15) is 6.92 Å². The summed E-state index contributed by atoms with van der Waals surface area (Å²) in [6, 6.07) is -0.812. The number of nitrogens with zero attached hydrogens (tertiary/aromatic N) is 2. The molecule has 116 valence electrons. The van der Waals surface area contributed by atoms with E-state index in [0.717, 1.165) is 7.05 Å². The molecule has 1 aliphatic heterocycles. The molecule has 0 aromatic heterocycles. The third-order valence-corrected chi connectivity index (χ3v) is 2.87. The van der Waals surface area contributed by atoms with Crippen molar-refractivity contribution in [3.8, 4) is 0 Å². The van der Waals surface area contributed by atoms with Crippen LogP contribution in [0.2, 0.25) is 0 Å². The molecule has 0 spiro atoms. The van der Waals surface area contributed by atoms with Crippen molar-refractivity contribution in [3.05, 3.63) is 4.91 Å². The Morgan fingerprint density at radius 3 is 2.75 bits per heavy atom. The van der Waals surface area contributed by atoms with E-state index in [-0.39, 0.29) is 13.2 Å². The van der Waals surface area contributed by atoms with E-state index in [1.54, 1.807) is 6.92 Å². The highest BCUT2D eigenvalue weighted by Crippen LogP contribution is 2.24.